The van der Waals surface area contributed by atoms with Gasteiger partial charge in [0.15, 0.2) is 0 Å². The Morgan fingerprint density at radius 1 is 1.29 bits per heavy atom. The van der Waals surface area contributed by atoms with E-state index in [4.69, 9.17) is 0 Å². The van der Waals surface area contributed by atoms with Gasteiger partial charge in [-0.05, 0) is 37.8 Å². The molecule has 0 atom stereocenters. The van der Waals surface area contributed by atoms with E-state index in [1.54, 1.807) is 6.20 Å². The van der Waals surface area contributed by atoms with Crippen LogP contribution in [0.2, 0.25) is 0 Å². The number of urea groups is 1. The number of aromatic amines is 1. The van der Waals surface area contributed by atoms with E-state index in [0.29, 0.717) is 12.6 Å². The van der Waals surface area contributed by atoms with Crippen molar-refractivity contribution < 1.29 is 4.79 Å². The number of nitrogens with one attached hydrogen (secondary N) is 2. The summed E-state index contributed by atoms with van der Waals surface area (Å²) >= 11 is 0. The number of H-pyrrole nitrogens is 1. The Labute approximate surface area is 141 Å². The Kier molecular flexibility index (Phi) is 5.76. The van der Waals surface area contributed by atoms with Gasteiger partial charge in [-0.3, -0.25) is 10.1 Å². The van der Waals surface area contributed by atoms with Crippen LogP contribution in [-0.4, -0.2) is 50.2 Å². The summed E-state index contributed by atoms with van der Waals surface area (Å²) in [5.41, 5.74) is 1.03. The molecular weight excluding hydrogens is 304 g/mol. The minimum atomic E-state index is 0.0354. The summed E-state index contributed by atoms with van der Waals surface area (Å²) < 4.78 is 0. The topological polar surface area (TPSA) is 86.8 Å². The third kappa shape index (κ3) is 4.53. The highest BCUT2D eigenvalue weighted by Crippen LogP contribution is 2.25. The summed E-state index contributed by atoms with van der Waals surface area (Å²) in [5, 5.41) is 9.69. The van der Waals surface area contributed by atoms with E-state index < -0.39 is 0 Å². The van der Waals surface area contributed by atoms with Crippen LogP contribution in [-0.2, 0) is 12.8 Å². The van der Waals surface area contributed by atoms with Gasteiger partial charge in [-0.25, -0.2) is 9.78 Å². The molecule has 0 saturated heterocycles. The van der Waals surface area contributed by atoms with Crippen molar-refractivity contribution in [1.82, 2.24) is 30.4 Å². The van der Waals surface area contributed by atoms with Gasteiger partial charge in [-0.15, -0.1) is 0 Å². The number of hydrogen-bond donors (Lipinski definition) is 2. The van der Waals surface area contributed by atoms with Crippen molar-refractivity contribution in [3.8, 4) is 0 Å². The molecular formula is C17H24N6O. The highest BCUT2D eigenvalue weighted by Gasteiger charge is 2.28. The van der Waals surface area contributed by atoms with Crippen molar-refractivity contribution in [2.75, 3.05) is 13.1 Å². The fourth-order valence-electron chi connectivity index (χ4n) is 2.83. The van der Waals surface area contributed by atoms with Crippen molar-refractivity contribution in [3.63, 3.8) is 0 Å². The summed E-state index contributed by atoms with van der Waals surface area (Å²) in [4.78, 5) is 22.9. The van der Waals surface area contributed by atoms with Gasteiger partial charge in [-0.2, -0.15) is 5.10 Å². The highest BCUT2D eigenvalue weighted by molar-refractivity contribution is 5.74. The van der Waals surface area contributed by atoms with Crippen LogP contribution in [0.5, 0.6) is 0 Å². The van der Waals surface area contributed by atoms with Crippen molar-refractivity contribution in [3.05, 3.63) is 42.2 Å². The Bertz CT molecular complexity index is 611. The highest BCUT2D eigenvalue weighted by atomic mass is 16.2. The molecule has 0 unspecified atom stereocenters. The first-order chi connectivity index (χ1) is 11.8. The fourth-order valence-corrected chi connectivity index (χ4v) is 2.83. The Hall–Kier alpha value is -2.44. The van der Waals surface area contributed by atoms with Gasteiger partial charge in [0.1, 0.15) is 12.2 Å². The molecule has 1 fully saturated rings. The molecule has 2 aromatic heterocycles. The van der Waals surface area contributed by atoms with Crippen LogP contribution in [0, 0.1) is 0 Å². The average molecular weight is 328 g/mol. The minimum Gasteiger partial charge on any atom is -0.338 e. The maximum Gasteiger partial charge on any atom is 0.317 e. The number of pyridine rings is 1. The van der Waals surface area contributed by atoms with Gasteiger partial charge in [0, 0.05) is 43.9 Å². The molecule has 0 bridgehead atoms. The molecule has 1 saturated carbocycles. The molecule has 128 valence electrons. The second-order valence-corrected chi connectivity index (χ2v) is 6.12. The van der Waals surface area contributed by atoms with Crippen molar-refractivity contribution >= 4 is 6.03 Å². The SMILES string of the molecule is O=C(NCCCc1ncn[nH]1)N(CCc1ccccn1)C1CCC1. The maximum atomic E-state index is 12.5. The number of aromatic nitrogens is 4. The zero-order valence-corrected chi connectivity index (χ0v) is 13.8. The van der Waals surface area contributed by atoms with E-state index >= 15 is 0 Å². The number of amides is 2. The fraction of sp³-hybridized carbons (Fsp3) is 0.529. The first kappa shape index (κ1) is 16.4. The monoisotopic (exact) mass is 328 g/mol. The van der Waals surface area contributed by atoms with E-state index in [1.807, 2.05) is 23.1 Å². The Morgan fingerprint density at radius 3 is 2.88 bits per heavy atom. The van der Waals surface area contributed by atoms with Gasteiger partial charge in [0.25, 0.3) is 0 Å². The molecule has 0 radical (unpaired) electrons. The van der Waals surface area contributed by atoms with Gasteiger partial charge in [-0.1, -0.05) is 6.07 Å². The zero-order chi connectivity index (χ0) is 16.6. The van der Waals surface area contributed by atoms with E-state index in [-0.39, 0.29) is 6.03 Å². The molecule has 7 heteroatoms. The third-order valence-electron chi connectivity index (χ3n) is 4.44. The number of rotatable bonds is 8. The summed E-state index contributed by atoms with van der Waals surface area (Å²) in [5.74, 6) is 0.857. The second kappa shape index (κ2) is 8.42. The van der Waals surface area contributed by atoms with Crippen LogP contribution in [0.4, 0.5) is 4.79 Å². The lowest BCUT2D eigenvalue weighted by Gasteiger charge is -2.37. The van der Waals surface area contributed by atoms with Crippen molar-refractivity contribution in [1.29, 1.82) is 0 Å². The van der Waals surface area contributed by atoms with E-state index in [9.17, 15) is 4.79 Å². The van der Waals surface area contributed by atoms with E-state index in [2.05, 4.69) is 25.5 Å². The molecule has 1 aliphatic carbocycles. The van der Waals surface area contributed by atoms with Gasteiger partial charge in [0.05, 0.1) is 0 Å². The lowest BCUT2D eigenvalue weighted by molar-refractivity contribution is 0.138. The normalized spacial score (nSPS) is 14.2. The lowest BCUT2D eigenvalue weighted by atomic mass is 9.91. The quantitative estimate of drug-likeness (QED) is 0.725. The minimum absolute atomic E-state index is 0.0354. The molecule has 24 heavy (non-hydrogen) atoms. The Morgan fingerprint density at radius 2 is 2.21 bits per heavy atom. The zero-order valence-electron chi connectivity index (χ0n) is 13.8. The lowest BCUT2D eigenvalue weighted by Crippen LogP contribution is -2.50. The molecule has 0 spiro atoms. The largest absolute Gasteiger partial charge is 0.338 e. The van der Waals surface area contributed by atoms with Crippen LogP contribution >= 0.6 is 0 Å². The van der Waals surface area contributed by atoms with Crippen LogP contribution in [0.15, 0.2) is 30.7 Å². The van der Waals surface area contributed by atoms with Gasteiger partial charge in [0.2, 0.25) is 0 Å². The molecule has 2 amide bonds. The summed E-state index contributed by atoms with van der Waals surface area (Å²) in [6.45, 7) is 1.36. The van der Waals surface area contributed by atoms with Crippen molar-refractivity contribution in [2.45, 2.75) is 44.6 Å². The number of hydrogen-bond acceptors (Lipinski definition) is 4. The maximum absolute atomic E-state index is 12.5. The van der Waals surface area contributed by atoms with Crippen LogP contribution in [0.25, 0.3) is 0 Å². The predicted molar refractivity (Wildman–Crippen MR) is 90.4 cm³/mol. The molecule has 0 aliphatic heterocycles. The third-order valence-corrected chi connectivity index (χ3v) is 4.44. The molecule has 2 N–H and O–H groups in total. The molecule has 7 nitrogen and oxygen atoms in total. The molecule has 3 rings (SSSR count). The molecule has 2 heterocycles. The first-order valence-electron chi connectivity index (χ1n) is 8.61. The second-order valence-electron chi connectivity index (χ2n) is 6.12. The first-order valence-corrected chi connectivity index (χ1v) is 8.61. The summed E-state index contributed by atoms with van der Waals surface area (Å²) in [6.07, 6.45) is 9.15. The van der Waals surface area contributed by atoms with Gasteiger partial charge < -0.3 is 10.2 Å². The van der Waals surface area contributed by atoms with Crippen LogP contribution in [0.3, 0.4) is 0 Å². The summed E-state index contributed by atoms with van der Waals surface area (Å²) in [6, 6.07) is 6.32. The number of carbonyl (C=O) groups is 1. The molecule has 1 aliphatic rings. The smallest absolute Gasteiger partial charge is 0.317 e. The van der Waals surface area contributed by atoms with Crippen LogP contribution in [0.1, 0.15) is 37.2 Å². The molecule has 2 aromatic rings. The van der Waals surface area contributed by atoms with Gasteiger partial charge >= 0.3 is 6.03 Å². The number of carbonyl (C=O) groups excluding carboxylic acids is 1. The number of aryl methyl sites for hydroxylation is 1. The van der Waals surface area contributed by atoms with E-state index in [0.717, 1.165) is 50.2 Å². The Balaban J connectivity index is 1.44. The predicted octanol–water partition coefficient (Wildman–Crippen LogP) is 1.94. The van der Waals surface area contributed by atoms with Crippen LogP contribution < -0.4 is 5.32 Å². The number of nitrogens with zero attached hydrogens (tertiary/aromatic N) is 4. The summed E-state index contributed by atoms with van der Waals surface area (Å²) in [7, 11) is 0. The average Bonchev–Trinajstić information content (AvgIpc) is 3.07. The molecule has 0 aromatic carbocycles. The standard InChI is InChI=1S/C17H24N6O/c24-17(19-11-4-8-16-20-13-21-22-16)23(15-6-3-7-15)12-9-14-5-1-2-10-18-14/h1-2,5,10,13,15H,3-4,6-9,11-12H2,(H,19,24)(H,20,21,22). The van der Waals surface area contributed by atoms with Crippen molar-refractivity contribution in [2.24, 2.45) is 0 Å². The van der Waals surface area contributed by atoms with E-state index in [1.165, 1.54) is 12.7 Å².